The van der Waals surface area contributed by atoms with E-state index in [-0.39, 0.29) is 16.5 Å². The number of benzene rings is 10. The van der Waals surface area contributed by atoms with Gasteiger partial charge in [0.2, 0.25) is 0 Å². The number of nitrogens with zero attached hydrogens (tertiary/aromatic N) is 3. The van der Waals surface area contributed by atoms with Crippen molar-refractivity contribution in [3.63, 3.8) is 0 Å². The average molecular weight is 970 g/mol. The second-order valence-electron chi connectivity index (χ2n) is 22.7. The SMILES string of the molecule is CC1c2ccc3c4ccccc4n(c3c2)-c2cccc3c4c(CC(C)(C)c5cccc(-n6c7ccccc7c7cc(-c8ccc([Si](c9ccccc9)(c9ccccc9)C(C)(C)C)cc8)ccc76)c5)cccc4n1c23. The maximum atomic E-state index is 2.62. The molecule has 358 valence electrons. The van der Waals surface area contributed by atoms with Crippen LogP contribution in [0.2, 0.25) is 5.04 Å². The summed E-state index contributed by atoms with van der Waals surface area (Å²) < 4.78 is 7.61. The normalized spacial score (nSPS) is 14.0. The number of aromatic nitrogens is 3. The molecule has 13 aromatic rings. The molecule has 3 nitrogen and oxygen atoms in total. The van der Waals surface area contributed by atoms with Gasteiger partial charge in [-0.05, 0) is 122 Å². The first-order valence-electron chi connectivity index (χ1n) is 26.5. The van der Waals surface area contributed by atoms with E-state index >= 15 is 0 Å². The van der Waals surface area contributed by atoms with Crippen LogP contribution in [0.25, 0.3) is 87.9 Å². The zero-order valence-corrected chi connectivity index (χ0v) is 44.1. The maximum absolute atomic E-state index is 2.62. The third-order valence-electron chi connectivity index (χ3n) is 17.1. The highest BCUT2D eigenvalue weighted by molar-refractivity contribution is 7.13. The van der Waals surface area contributed by atoms with Crippen molar-refractivity contribution in [2.24, 2.45) is 0 Å². The smallest absolute Gasteiger partial charge is 0.153 e. The van der Waals surface area contributed by atoms with Gasteiger partial charge < -0.3 is 13.7 Å². The number of hydrogen-bond acceptors (Lipinski definition) is 0. The third-order valence-corrected chi connectivity index (χ3v) is 23.0. The zero-order valence-electron chi connectivity index (χ0n) is 43.1. The standard InChI is InChI=1S/C70H59N3Si/c1-46-48-36-40-58-56-27-13-16-31-62(56)73(66(58)43-48)65-33-19-29-59-67-50(20-17-32-64(67)71(46)68(59)65)45-70(5,6)51-21-18-22-52(44-51)72-61-30-15-14-28-57(61)60-42-49(37-41-63(60)72)47-34-38-55(39-35-47)74(69(2,3)4,53-23-9-7-10-24-53)54-25-11-8-12-26-54/h7-44,46H,45H2,1-6H3. The fraction of sp³-hybridized carbons (Fsp3) is 0.143. The number of rotatable bonds is 8. The van der Waals surface area contributed by atoms with Gasteiger partial charge in [0, 0.05) is 43.5 Å². The fourth-order valence-corrected chi connectivity index (χ4v) is 19.4. The lowest BCUT2D eigenvalue weighted by atomic mass is 9.78. The molecule has 0 fully saturated rings. The van der Waals surface area contributed by atoms with Gasteiger partial charge in [0.1, 0.15) is 0 Å². The molecule has 1 aliphatic heterocycles. The Bertz CT molecular complexity index is 4310. The third kappa shape index (κ3) is 6.44. The molecule has 4 heteroatoms. The highest BCUT2D eigenvalue weighted by Crippen LogP contribution is 2.46. The number of para-hydroxylation sites is 3. The van der Waals surface area contributed by atoms with E-state index in [1.165, 1.54) is 120 Å². The summed E-state index contributed by atoms with van der Waals surface area (Å²) in [4.78, 5) is 0. The summed E-state index contributed by atoms with van der Waals surface area (Å²) in [6.45, 7) is 14.5. The molecule has 2 bridgehead atoms. The first-order valence-corrected chi connectivity index (χ1v) is 28.5. The summed E-state index contributed by atoms with van der Waals surface area (Å²) in [5.41, 5.74) is 16.3. The van der Waals surface area contributed by atoms with Gasteiger partial charge in [-0.1, -0.05) is 211 Å². The molecule has 0 aliphatic carbocycles. The Kier molecular flexibility index (Phi) is 9.87. The van der Waals surface area contributed by atoms with Crippen molar-refractivity contribution in [3.05, 3.63) is 247 Å². The molecule has 3 aromatic heterocycles. The summed E-state index contributed by atoms with van der Waals surface area (Å²) in [6.07, 6.45) is 0.890. The Hall–Kier alpha value is -8.18. The van der Waals surface area contributed by atoms with Crippen LogP contribution in [0.3, 0.4) is 0 Å². The van der Waals surface area contributed by atoms with Crippen molar-refractivity contribution in [1.82, 2.24) is 13.7 Å². The van der Waals surface area contributed by atoms with Gasteiger partial charge in [-0.15, -0.1) is 0 Å². The summed E-state index contributed by atoms with van der Waals surface area (Å²) >= 11 is 0. The highest BCUT2D eigenvalue weighted by Gasteiger charge is 2.49. The first-order chi connectivity index (χ1) is 36.0. The minimum absolute atomic E-state index is 0.0233. The van der Waals surface area contributed by atoms with Gasteiger partial charge in [-0.2, -0.15) is 0 Å². The van der Waals surface area contributed by atoms with E-state index in [1.54, 1.807) is 0 Å². The lowest BCUT2D eigenvalue weighted by Gasteiger charge is -2.44. The first kappa shape index (κ1) is 44.5. The van der Waals surface area contributed by atoms with Crippen molar-refractivity contribution in [2.45, 2.75) is 64.5 Å². The van der Waals surface area contributed by atoms with Crippen molar-refractivity contribution >= 4 is 89.1 Å². The van der Waals surface area contributed by atoms with E-state index in [0.717, 1.165) is 6.42 Å². The molecule has 1 unspecified atom stereocenters. The van der Waals surface area contributed by atoms with Crippen molar-refractivity contribution < 1.29 is 0 Å². The Morgan fingerprint density at radius 3 is 1.70 bits per heavy atom. The molecule has 0 amide bonds. The molecule has 10 aromatic carbocycles. The largest absolute Gasteiger partial charge is 0.331 e. The van der Waals surface area contributed by atoms with Gasteiger partial charge in [0.15, 0.2) is 8.07 Å². The quantitative estimate of drug-likeness (QED) is 0.106. The van der Waals surface area contributed by atoms with E-state index in [2.05, 4.69) is 286 Å². The molecule has 1 aliphatic rings. The highest BCUT2D eigenvalue weighted by atomic mass is 28.3. The molecule has 0 saturated heterocycles. The summed E-state index contributed by atoms with van der Waals surface area (Å²) in [7, 11) is -2.46. The fourth-order valence-electron chi connectivity index (χ4n) is 13.8. The molecule has 0 spiro atoms. The van der Waals surface area contributed by atoms with Gasteiger partial charge >= 0.3 is 0 Å². The van der Waals surface area contributed by atoms with E-state index in [4.69, 9.17) is 0 Å². The monoisotopic (exact) mass is 969 g/mol. The maximum Gasteiger partial charge on any atom is 0.153 e. The van der Waals surface area contributed by atoms with Crippen LogP contribution in [0.4, 0.5) is 0 Å². The summed E-state index contributed by atoms with van der Waals surface area (Å²) in [6, 6.07) is 87.7. The Morgan fingerprint density at radius 1 is 0.419 bits per heavy atom. The summed E-state index contributed by atoms with van der Waals surface area (Å²) in [5, 5.41) is 12.2. The predicted octanol–water partition coefficient (Wildman–Crippen LogP) is 16.4. The molecular formula is C70H59N3Si. The van der Waals surface area contributed by atoms with E-state index in [1.807, 2.05) is 0 Å². The van der Waals surface area contributed by atoms with Gasteiger partial charge in [-0.25, -0.2) is 0 Å². The Morgan fingerprint density at radius 2 is 0.986 bits per heavy atom. The Labute approximate surface area is 434 Å². The van der Waals surface area contributed by atoms with Crippen LogP contribution in [0.1, 0.15) is 64.3 Å². The van der Waals surface area contributed by atoms with Crippen LogP contribution < -0.4 is 15.6 Å². The number of fused-ring (bicyclic) bond motifs is 11. The van der Waals surface area contributed by atoms with Crippen LogP contribution in [-0.4, -0.2) is 21.8 Å². The lowest BCUT2D eigenvalue weighted by molar-refractivity contribution is 0.524. The minimum Gasteiger partial charge on any atom is -0.331 e. The van der Waals surface area contributed by atoms with Crippen molar-refractivity contribution in [1.29, 1.82) is 0 Å². The van der Waals surface area contributed by atoms with Crippen LogP contribution >= 0.6 is 0 Å². The molecule has 0 saturated carbocycles. The summed E-state index contributed by atoms with van der Waals surface area (Å²) in [5.74, 6) is 0. The van der Waals surface area contributed by atoms with E-state index in [0.29, 0.717) is 0 Å². The minimum atomic E-state index is -2.46. The van der Waals surface area contributed by atoms with Crippen LogP contribution in [0.15, 0.2) is 231 Å². The van der Waals surface area contributed by atoms with Crippen molar-refractivity contribution in [3.8, 4) is 22.5 Å². The molecule has 0 N–H and O–H groups in total. The van der Waals surface area contributed by atoms with Gasteiger partial charge in [0.25, 0.3) is 0 Å². The molecule has 74 heavy (non-hydrogen) atoms. The van der Waals surface area contributed by atoms with Gasteiger partial charge in [-0.3, -0.25) is 0 Å². The number of hydrogen-bond donors (Lipinski definition) is 0. The molecule has 14 rings (SSSR count). The van der Waals surface area contributed by atoms with Crippen LogP contribution in [0.5, 0.6) is 0 Å². The molecule has 0 radical (unpaired) electrons. The van der Waals surface area contributed by atoms with Crippen molar-refractivity contribution in [2.75, 3.05) is 0 Å². The second-order valence-corrected chi connectivity index (χ2v) is 27.4. The van der Waals surface area contributed by atoms with E-state index < -0.39 is 8.07 Å². The van der Waals surface area contributed by atoms with Crippen LogP contribution in [-0.2, 0) is 11.8 Å². The van der Waals surface area contributed by atoms with Crippen LogP contribution in [0, 0.1) is 0 Å². The predicted molar refractivity (Wildman–Crippen MR) is 318 cm³/mol. The molecule has 4 heterocycles. The molecular weight excluding hydrogens is 911 g/mol. The van der Waals surface area contributed by atoms with Gasteiger partial charge in [0.05, 0.1) is 39.3 Å². The molecule has 1 atom stereocenters. The lowest BCUT2D eigenvalue weighted by Crippen LogP contribution is -2.72. The van der Waals surface area contributed by atoms with E-state index in [9.17, 15) is 0 Å². The zero-order chi connectivity index (χ0) is 50.1. The second kappa shape index (κ2) is 16.4. The Balaban J connectivity index is 0.846. The topological polar surface area (TPSA) is 14.8 Å². The average Bonchev–Trinajstić information content (AvgIpc) is 4.07.